The molecular weight excluding hydrogens is 300 g/mol. The second kappa shape index (κ2) is 6.87. The second-order valence-electron chi connectivity index (χ2n) is 5.43. The van der Waals surface area contributed by atoms with E-state index in [1.807, 2.05) is 44.2 Å². The maximum atomic E-state index is 12.3. The highest BCUT2D eigenvalue weighted by Gasteiger charge is 2.27. The third-order valence-corrected chi connectivity index (χ3v) is 5.23. The molecule has 0 saturated carbocycles. The fourth-order valence-electron chi connectivity index (χ4n) is 1.83. The molecule has 0 saturated heterocycles. The van der Waals surface area contributed by atoms with E-state index in [0.29, 0.717) is 5.82 Å². The van der Waals surface area contributed by atoms with Crippen molar-refractivity contribution in [1.29, 1.82) is 0 Å². The van der Waals surface area contributed by atoms with Crippen molar-refractivity contribution in [2.45, 2.75) is 31.9 Å². The first-order chi connectivity index (χ1) is 10.4. The van der Waals surface area contributed by atoms with Crippen molar-refractivity contribution in [2.24, 2.45) is 0 Å². The maximum Gasteiger partial charge on any atom is 0.244 e. The molecule has 0 spiro atoms. The van der Waals surface area contributed by atoms with Crippen molar-refractivity contribution < 1.29 is 12.9 Å². The number of rotatable bonds is 6. The van der Waals surface area contributed by atoms with E-state index in [0.717, 1.165) is 5.56 Å². The minimum absolute atomic E-state index is 0.0670. The zero-order valence-corrected chi connectivity index (χ0v) is 13.7. The Labute approximate surface area is 131 Å². The van der Waals surface area contributed by atoms with Gasteiger partial charge in [0.25, 0.3) is 0 Å². The number of sulfone groups is 1. The van der Waals surface area contributed by atoms with Crippen molar-refractivity contribution in [3.63, 3.8) is 0 Å². The lowest BCUT2D eigenvalue weighted by Gasteiger charge is -2.06. The summed E-state index contributed by atoms with van der Waals surface area (Å²) in [5, 5.41) is 3.00. The van der Waals surface area contributed by atoms with Gasteiger partial charge in [-0.25, -0.2) is 8.42 Å². The summed E-state index contributed by atoms with van der Waals surface area (Å²) in [5.41, 5.74) is 0.963. The van der Waals surface area contributed by atoms with Crippen LogP contribution in [0.4, 0.5) is 0 Å². The van der Waals surface area contributed by atoms with E-state index in [2.05, 4.69) is 10.1 Å². The molecule has 0 fully saturated rings. The predicted octanol–water partition coefficient (Wildman–Crippen LogP) is 3.38. The van der Waals surface area contributed by atoms with Crippen molar-refractivity contribution in [3.8, 4) is 0 Å². The van der Waals surface area contributed by atoms with Crippen LogP contribution in [0, 0.1) is 0 Å². The van der Waals surface area contributed by atoms with Gasteiger partial charge >= 0.3 is 0 Å². The Hall–Kier alpha value is -1.95. The lowest BCUT2D eigenvalue weighted by atomic mass is 10.2. The topological polar surface area (TPSA) is 73.1 Å². The predicted molar refractivity (Wildman–Crippen MR) is 86.1 cm³/mol. The molecule has 1 aromatic carbocycles. The van der Waals surface area contributed by atoms with Gasteiger partial charge in [0, 0.05) is 5.92 Å². The average Bonchev–Trinajstić information content (AvgIpc) is 2.97. The monoisotopic (exact) mass is 320 g/mol. The van der Waals surface area contributed by atoms with Crippen LogP contribution in [0.1, 0.15) is 49.2 Å². The highest BCUT2D eigenvalue weighted by molar-refractivity contribution is 7.91. The molecule has 0 amide bonds. The molecule has 22 heavy (non-hydrogen) atoms. The van der Waals surface area contributed by atoms with Crippen LogP contribution < -0.4 is 0 Å². The molecule has 2 aromatic rings. The van der Waals surface area contributed by atoms with E-state index >= 15 is 0 Å². The zero-order valence-electron chi connectivity index (χ0n) is 12.9. The largest absolute Gasteiger partial charge is 0.338 e. The summed E-state index contributed by atoms with van der Waals surface area (Å²) < 4.78 is 29.7. The van der Waals surface area contributed by atoms with Crippen LogP contribution in [0.5, 0.6) is 0 Å². The third kappa shape index (κ3) is 4.04. The molecule has 0 aliphatic rings. The zero-order chi connectivity index (χ0) is 16.2. The summed E-state index contributed by atoms with van der Waals surface area (Å²) in [6.07, 6.45) is 3.43. The highest BCUT2D eigenvalue weighted by atomic mass is 32.2. The fourth-order valence-corrected chi connectivity index (χ4v) is 2.88. The number of hydrogen-bond donors (Lipinski definition) is 0. The first kappa shape index (κ1) is 16.4. The molecule has 0 radical (unpaired) electrons. The Morgan fingerprint density at radius 1 is 1.18 bits per heavy atom. The van der Waals surface area contributed by atoms with Gasteiger partial charge in [-0.05, 0) is 12.5 Å². The maximum absolute atomic E-state index is 12.3. The lowest BCUT2D eigenvalue weighted by Crippen LogP contribution is -2.13. The minimum Gasteiger partial charge on any atom is -0.338 e. The molecule has 0 unspecified atom stereocenters. The van der Waals surface area contributed by atoms with E-state index in [1.165, 1.54) is 0 Å². The standard InChI is InChI=1S/C16H20N2O3S/c1-12(2)15-17-16(21-18-15)13(3)22(19,20)11-7-10-14-8-5-4-6-9-14/h4-10,12-13H,11H2,1-3H3/b10-7-/t13-/m0/s1. The van der Waals surface area contributed by atoms with E-state index in [4.69, 9.17) is 4.52 Å². The second-order valence-corrected chi connectivity index (χ2v) is 7.80. The van der Waals surface area contributed by atoms with Crippen LogP contribution in [-0.2, 0) is 9.84 Å². The molecule has 6 heteroatoms. The van der Waals surface area contributed by atoms with Crippen LogP contribution in [0.3, 0.4) is 0 Å². The smallest absolute Gasteiger partial charge is 0.244 e. The van der Waals surface area contributed by atoms with Crippen LogP contribution in [0.15, 0.2) is 40.9 Å². The van der Waals surface area contributed by atoms with Crippen molar-refractivity contribution in [2.75, 3.05) is 5.75 Å². The number of benzene rings is 1. The van der Waals surface area contributed by atoms with E-state index in [1.54, 1.807) is 19.1 Å². The molecule has 0 bridgehead atoms. The Morgan fingerprint density at radius 3 is 2.45 bits per heavy atom. The van der Waals surface area contributed by atoms with Crippen molar-refractivity contribution in [1.82, 2.24) is 10.1 Å². The highest BCUT2D eigenvalue weighted by Crippen LogP contribution is 2.23. The Bertz CT molecular complexity index is 734. The van der Waals surface area contributed by atoms with Gasteiger partial charge in [-0.3, -0.25) is 0 Å². The molecular formula is C16H20N2O3S. The van der Waals surface area contributed by atoms with Gasteiger partial charge in [-0.1, -0.05) is 61.5 Å². The number of aromatic nitrogens is 2. The van der Waals surface area contributed by atoms with Gasteiger partial charge in [0.05, 0.1) is 5.75 Å². The molecule has 0 aliphatic heterocycles. The van der Waals surface area contributed by atoms with Gasteiger partial charge in [-0.15, -0.1) is 0 Å². The van der Waals surface area contributed by atoms with Crippen LogP contribution >= 0.6 is 0 Å². The SMILES string of the molecule is CC(C)c1noc([C@H](C)S(=O)(=O)C/C=C\c2ccccc2)n1. The van der Waals surface area contributed by atoms with Gasteiger partial charge < -0.3 is 4.52 Å². The van der Waals surface area contributed by atoms with E-state index in [9.17, 15) is 8.42 Å². The number of nitrogens with zero attached hydrogens (tertiary/aromatic N) is 2. The summed E-state index contributed by atoms with van der Waals surface area (Å²) >= 11 is 0. The van der Waals surface area contributed by atoms with Crippen molar-refractivity contribution in [3.05, 3.63) is 53.7 Å². The fraction of sp³-hybridized carbons (Fsp3) is 0.375. The molecule has 5 nitrogen and oxygen atoms in total. The summed E-state index contributed by atoms with van der Waals surface area (Å²) in [7, 11) is -3.38. The Morgan fingerprint density at radius 2 is 1.86 bits per heavy atom. The molecule has 0 aliphatic carbocycles. The first-order valence-electron chi connectivity index (χ1n) is 7.17. The van der Waals surface area contributed by atoms with Gasteiger partial charge in [0.2, 0.25) is 5.89 Å². The molecule has 1 aromatic heterocycles. The summed E-state index contributed by atoms with van der Waals surface area (Å²) in [4.78, 5) is 4.16. The average molecular weight is 320 g/mol. The minimum atomic E-state index is -3.38. The molecule has 1 atom stereocenters. The summed E-state index contributed by atoms with van der Waals surface area (Å²) in [6.45, 7) is 5.43. The molecule has 0 N–H and O–H groups in total. The molecule has 1 heterocycles. The van der Waals surface area contributed by atoms with Crippen molar-refractivity contribution >= 4 is 15.9 Å². The quantitative estimate of drug-likeness (QED) is 0.815. The summed E-state index contributed by atoms with van der Waals surface area (Å²) in [5.74, 6) is 0.710. The molecule has 2 rings (SSSR count). The normalized spacial score (nSPS) is 13.8. The van der Waals surface area contributed by atoms with Crippen LogP contribution in [0.2, 0.25) is 0 Å². The van der Waals surface area contributed by atoms with Gasteiger partial charge in [0.15, 0.2) is 15.7 Å². The Kier molecular flexibility index (Phi) is 5.13. The Balaban J connectivity index is 2.07. The van der Waals surface area contributed by atoms with E-state index in [-0.39, 0.29) is 17.6 Å². The van der Waals surface area contributed by atoms with Gasteiger partial charge in [-0.2, -0.15) is 4.98 Å². The van der Waals surface area contributed by atoms with Crippen LogP contribution in [-0.4, -0.2) is 24.3 Å². The summed E-state index contributed by atoms with van der Waals surface area (Å²) in [6, 6.07) is 9.56. The number of hydrogen-bond acceptors (Lipinski definition) is 5. The molecule has 118 valence electrons. The lowest BCUT2D eigenvalue weighted by molar-refractivity contribution is 0.369. The van der Waals surface area contributed by atoms with Gasteiger partial charge in [0.1, 0.15) is 5.25 Å². The first-order valence-corrected chi connectivity index (χ1v) is 8.88. The third-order valence-electron chi connectivity index (χ3n) is 3.30. The van der Waals surface area contributed by atoms with Crippen LogP contribution in [0.25, 0.3) is 6.08 Å². The van der Waals surface area contributed by atoms with E-state index < -0.39 is 15.1 Å².